The maximum Gasteiger partial charge on any atom is 0.310 e. The third-order valence-corrected chi connectivity index (χ3v) is 2.91. The van der Waals surface area contributed by atoms with Crippen LogP contribution in [0.4, 0.5) is 5.69 Å². The third kappa shape index (κ3) is 2.96. The van der Waals surface area contributed by atoms with E-state index in [1.54, 1.807) is 6.92 Å². The Labute approximate surface area is 97.7 Å². The average Bonchev–Trinajstić information content (AvgIpc) is 2.20. The molecule has 0 heterocycles. The molecule has 0 atom stereocenters. The summed E-state index contributed by atoms with van der Waals surface area (Å²) in [6, 6.07) is 3.73. The van der Waals surface area contributed by atoms with Gasteiger partial charge in [0.2, 0.25) is 0 Å². The fourth-order valence-corrected chi connectivity index (χ4v) is 1.73. The standard InChI is InChI=1S/C11H14BrNO2/c1-3-15-10(14)6-8-4-5-9(12)11(13)7(8)2/h4-5H,3,6,13H2,1-2H3. The molecule has 0 aromatic heterocycles. The third-order valence-electron chi connectivity index (χ3n) is 2.21. The highest BCUT2D eigenvalue weighted by Crippen LogP contribution is 2.25. The van der Waals surface area contributed by atoms with Crippen LogP contribution in [0.3, 0.4) is 0 Å². The molecule has 0 unspecified atom stereocenters. The minimum atomic E-state index is -0.220. The van der Waals surface area contributed by atoms with E-state index in [0.717, 1.165) is 15.6 Å². The Balaban J connectivity index is 2.87. The van der Waals surface area contributed by atoms with Crippen LogP contribution in [0, 0.1) is 6.92 Å². The van der Waals surface area contributed by atoms with Crippen molar-refractivity contribution < 1.29 is 9.53 Å². The fraction of sp³-hybridized carbons (Fsp3) is 0.364. The van der Waals surface area contributed by atoms with Crippen molar-refractivity contribution in [3.05, 3.63) is 27.7 Å². The van der Waals surface area contributed by atoms with Gasteiger partial charge in [-0.15, -0.1) is 0 Å². The SMILES string of the molecule is CCOC(=O)Cc1ccc(Br)c(N)c1C. The van der Waals surface area contributed by atoms with E-state index < -0.39 is 0 Å². The number of nitrogen functional groups attached to an aromatic ring is 1. The van der Waals surface area contributed by atoms with Crippen LogP contribution in [0.15, 0.2) is 16.6 Å². The Morgan fingerprint density at radius 2 is 2.20 bits per heavy atom. The van der Waals surface area contributed by atoms with Gasteiger partial charge in [0.05, 0.1) is 13.0 Å². The molecule has 3 nitrogen and oxygen atoms in total. The molecule has 0 saturated carbocycles. The smallest absolute Gasteiger partial charge is 0.310 e. The largest absolute Gasteiger partial charge is 0.466 e. The Morgan fingerprint density at radius 3 is 2.80 bits per heavy atom. The van der Waals surface area contributed by atoms with Crippen LogP contribution in [-0.2, 0) is 16.0 Å². The molecular weight excluding hydrogens is 258 g/mol. The van der Waals surface area contributed by atoms with Gasteiger partial charge in [0.15, 0.2) is 0 Å². The van der Waals surface area contributed by atoms with Gasteiger partial charge >= 0.3 is 5.97 Å². The highest BCUT2D eigenvalue weighted by atomic mass is 79.9. The van der Waals surface area contributed by atoms with Gasteiger partial charge in [-0.3, -0.25) is 4.79 Å². The normalized spacial score (nSPS) is 10.1. The molecule has 4 heteroatoms. The van der Waals surface area contributed by atoms with Gasteiger partial charge in [0.1, 0.15) is 0 Å². The van der Waals surface area contributed by atoms with Crippen LogP contribution in [0.1, 0.15) is 18.1 Å². The molecule has 82 valence electrons. The van der Waals surface area contributed by atoms with Gasteiger partial charge in [-0.25, -0.2) is 0 Å². The summed E-state index contributed by atoms with van der Waals surface area (Å²) >= 11 is 3.34. The lowest BCUT2D eigenvalue weighted by atomic mass is 10.0. The molecule has 0 amide bonds. The minimum Gasteiger partial charge on any atom is -0.466 e. The number of hydrogen-bond donors (Lipinski definition) is 1. The number of rotatable bonds is 3. The van der Waals surface area contributed by atoms with E-state index in [-0.39, 0.29) is 12.4 Å². The first-order chi connectivity index (χ1) is 7.06. The lowest BCUT2D eigenvalue weighted by Gasteiger charge is -2.09. The van der Waals surface area contributed by atoms with Gasteiger partial charge in [-0.05, 0) is 47.0 Å². The predicted molar refractivity (Wildman–Crippen MR) is 63.6 cm³/mol. The Hall–Kier alpha value is -1.03. The van der Waals surface area contributed by atoms with E-state index in [9.17, 15) is 4.79 Å². The second-order valence-electron chi connectivity index (χ2n) is 3.23. The lowest BCUT2D eigenvalue weighted by molar-refractivity contribution is -0.142. The van der Waals surface area contributed by atoms with E-state index in [0.29, 0.717) is 12.3 Å². The number of benzene rings is 1. The summed E-state index contributed by atoms with van der Waals surface area (Å²) in [5.41, 5.74) is 8.35. The summed E-state index contributed by atoms with van der Waals surface area (Å²) in [6.45, 7) is 4.10. The van der Waals surface area contributed by atoms with Crippen LogP contribution < -0.4 is 5.73 Å². The molecule has 1 aromatic carbocycles. The van der Waals surface area contributed by atoms with Crippen molar-refractivity contribution in [2.45, 2.75) is 20.3 Å². The molecule has 0 spiro atoms. The average molecular weight is 272 g/mol. The van der Waals surface area contributed by atoms with Crippen LogP contribution in [0.25, 0.3) is 0 Å². The zero-order chi connectivity index (χ0) is 11.4. The first-order valence-electron chi connectivity index (χ1n) is 4.75. The summed E-state index contributed by atoms with van der Waals surface area (Å²) in [7, 11) is 0. The van der Waals surface area contributed by atoms with Crippen LogP contribution >= 0.6 is 15.9 Å². The van der Waals surface area contributed by atoms with Gasteiger partial charge in [-0.1, -0.05) is 6.07 Å². The van der Waals surface area contributed by atoms with E-state index in [1.807, 2.05) is 19.1 Å². The topological polar surface area (TPSA) is 52.3 Å². The van der Waals surface area contributed by atoms with Crippen molar-refractivity contribution in [1.82, 2.24) is 0 Å². The first-order valence-corrected chi connectivity index (χ1v) is 5.54. The molecule has 1 rings (SSSR count). The first kappa shape index (κ1) is 12.0. The number of esters is 1. The molecule has 0 saturated heterocycles. The van der Waals surface area contributed by atoms with Crippen molar-refractivity contribution in [3.63, 3.8) is 0 Å². The van der Waals surface area contributed by atoms with Crippen molar-refractivity contribution in [2.75, 3.05) is 12.3 Å². The maximum atomic E-state index is 11.3. The van der Waals surface area contributed by atoms with Gasteiger partial charge in [0, 0.05) is 10.2 Å². The molecule has 0 aliphatic carbocycles. The van der Waals surface area contributed by atoms with Crippen LogP contribution in [-0.4, -0.2) is 12.6 Å². The lowest BCUT2D eigenvalue weighted by Crippen LogP contribution is -2.09. The summed E-state index contributed by atoms with van der Waals surface area (Å²) < 4.78 is 5.73. The highest BCUT2D eigenvalue weighted by Gasteiger charge is 2.09. The Morgan fingerprint density at radius 1 is 1.53 bits per heavy atom. The second-order valence-corrected chi connectivity index (χ2v) is 4.08. The number of hydrogen-bond acceptors (Lipinski definition) is 3. The number of carbonyl (C=O) groups excluding carboxylic acids is 1. The van der Waals surface area contributed by atoms with E-state index in [4.69, 9.17) is 10.5 Å². The summed E-state index contributed by atoms with van der Waals surface area (Å²) in [5.74, 6) is -0.220. The van der Waals surface area contributed by atoms with E-state index >= 15 is 0 Å². The molecule has 0 fully saturated rings. The van der Waals surface area contributed by atoms with Gasteiger partial charge in [-0.2, -0.15) is 0 Å². The van der Waals surface area contributed by atoms with Crippen LogP contribution in [0.2, 0.25) is 0 Å². The monoisotopic (exact) mass is 271 g/mol. The fourth-order valence-electron chi connectivity index (χ4n) is 1.30. The van der Waals surface area contributed by atoms with Gasteiger partial charge < -0.3 is 10.5 Å². The second kappa shape index (κ2) is 5.16. The molecule has 0 bridgehead atoms. The van der Waals surface area contributed by atoms with Crippen molar-refractivity contribution in [1.29, 1.82) is 0 Å². The Kier molecular flexibility index (Phi) is 4.15. The zero-order valence-corrected chi connectivity index (χ0v) is 10.4. The quantitative estimate of drug-likeness (QED) is 0.679. The van der Waals surface area contributed by atoms with Crippen LogP contribution in [0.5, 0.6) is 0 Å². The van der Waals surface area contributed by atoms with Crippen molar-refractivity contribution >= 4 is 27.6 Å². The molecule has 0 aliphatic heterocycles. The molecule has 15 heavy (non-hydrogen) atoms. The molecule has 0 radical (unpaired) electrons. The summed E-state index contributed by atoms with van der Waals surface area (Å²) in [6.07, 6.45) is 0.275. The zero-order valence-electron chi connectivity index (χ0n) is 8.84. The number of ether oxygens (including phenoxy) is 1. The summed E-state index contributed by atoms with van der Waals surface area (Å²) in [5, 5.41) is 0. The predicted octanol–water partition coefficient (Wildman–Crippen LogP) is 2.45. The van der Waals surface area contributed by atoms with E-state index in [2.05, 4.69) is 15.9 Å². The van der Waals surface area contributed by atoms with E-state index in [1.165, 1.54) is 0 Å². The van der Waals surface area contributed by atoms with Crippen molar-refractivity contribution in [2.24, 2.45) is 0 Å². The molecule has 2 N–H and O–H groups in total. The Bertz CT molecular complexity index is 377. The number of carbonyl (C=O) groups is 1. The van der Waals surface area contributed by atoms with Crippen molar-refractivity contribution in [3.8, 4) is 0 Å². The number of halogens is 1. The highest BCUT2D eigenvalue weighted by molar-refractivity contribution is 9.10. The number of nitrogens with two attached hydrogens (primary N) is 1. The molecule has 1 aromatic rings. The molecular formula is C11H14BrNO2. The summed E-state index contributed by atoms with van der Waals surface area (Å²) in [4.78, 5) is 11.3. The number of anilines is 1. The minimum absolute atomic E-state index is 0.220. The molecule has 0 aliphatic rings. The maximum absolute atomic E-state index is 11.3. The van der Waals surface area contributed by atoms with Gasteiger partial charge in [0.25, 0.3) is 0 Å².